The highest BCUT2D eigenvalue weighted by Gasteiger charge is 2.36. The lowest BCUT2D eigenvalue weighted by molar-refractivity contribution is -0.345. The van der Waals surface area contributed by atoms with Crippen LogP contribution in [0.1, 0.15) is 508 Å². The minimum atomic E-state index is 0.580. The van der Waals surface area contributed by atoms with Crippen LogP contribution in [-0.4, -0.2) is 4.70 Å². The Morgan fingerprint density at radius 2 is 0.573 bits per heavy atom. The fourth-order valence-corrected chi connectivity index (χ4v) is 16.8. The van der Waals surface area contributed by atoms with Crippen LogP contribution < -0.4 is 0 Å². The Balaban J connectivity index is 1.84. The molecule has 0 aromatic heterocycles. The number of allylic oxidation sites excluding steroid dienone is 8. The highest BCUT2D eigenvalue weighted by molar-refractivity contribution is 5.85. The summed E-state index contributed by atoms with van der Waals surface area (Å²) < 4.78 is 1.72. The highest BCUT2D eigenvalue weighted by Crippen LogP contribution is 2.46. The second-order valence-corrected chi connectivity index (χ2v) is 33.3. The van der Waals surface area contributed by atoms with Gasteiger partial charge in [-0.2, -0.15) is 0 Å². The molecule has 0 bridgehead atoms. The molecule has 2 atom stereocenters. The Morgan fingerprint density at radius 3 is 0.903 bits per heavy atom. The van der Waals surface area contributed by atoms with Crippen LogP contribution >= 0.6 is 0 Å². The van der Waals surface area contributed by atoms with E-state index in [9.17, 15) is 5.53 Å². The van der Waals surface area contributed by atoms with E-state index in [1.807, 2.05) is 0 Å². The summed E-state index contributed by atoms with van der Waals surface area (Å²) in [5, 5.41) is 0. The fourth-order valence-electron chi connectivity index (χ4n) is 16.8. The van der Waals surface area contributed by atoms with Crippen molar-refractivity contribution >= 4 is 11.4 Å². The second-order valence-electron chi connectivity index (χ2n) is 33.3. The van der Waals surface area contributed by atoms with Crippen molar-refractivity contribution in [3.63, 3.8) is 0 Å². The number of unbranched alkanes of at least 4 members (excludes halogenated alkanes) is 50. The van der Waals surface area contributed by atoms with E-state index in [1.54, 1.807) is 15.8 Å². The molecule has 1 aliphatic rings. The molecule has 0 aliphatic carbocycles. The summed E-state index contributed by atoms with van der Waals surface area (Å²) in [5.74, 6) is 1.16. The first-order valence-corrected chi connectivity index (χ1v) is 47.1. The van der Waals surface area contributed by atoms with Crippen LogP contribution in [0.2, 0.25) is 0 Å². The van der Waals surface area contributed by atoms with E-state index < -0.39 is 0 Å². The molecule has 2 unspecified atom stereocenters. The first-order chi connectivity index (χ1) is 50.9. The first-order valence-electron chi connectivity index (χ1n) is 47.1. The van der Waals surface area contributed by atoms with Crippen LogP contribution in [0.3, 0.4) is 0 Å². The molecule has 590 valence electrons. The van der Waals surface area contributed by atoms with Gasteiger partial charge in [-0.3, -0.25) is 0 Å². The monoisotopic (exact) mass is 1420 g/mol. The number of hydrogen-bond acceptors (Lipinski definition) is 0. The zero-order valence-electron chi connectivity index (χ0n) is 70.8. The molecular weight excluding hydrogens is 1240 g/mol. The summed E-state index contributed by atoms with van der Waals surface area (Å²) in [7, 11) is 0. The van der Waals surface area contributed by atoms with Crippen LogP contribution in [0, 0.1) is 11.8 Å². The average Bonchev–Trinajstić information content (AvgIpc) is 1.61. The third-order valence-electron chi connectivity index (χ3n) is 23.6. The lowest BCUT2D eigenvalue weighted by Crippen LogP contribution is -2.08. The summed E-state index contributed by atoms with van der Waals surface area (Å²) in [6.07, 6.45) is 104. The second kappa shape index (κ2) is 69.2. The number of benzene rings is 2. The van der Waals surface area contributed by atoms with Gasteiger partial charge in [0.25, 0.3) is 0 Å². The summed E-state index contributed by atoms with van der Waals surface area (Å²) in [5.41, 5.74) is 26.8. The van der Waals surface area contributed by atoms with Gasteiger partial charge in [0.15, 0.2) is 0 Å². The van der Waals surface area contributed by atoms with Crippen molar-refractivity contribution in [1.29, 1.82) is 0 Å². The summed E-state index contributed by atoms with van der Waals surface area (Å²) >= 11 is 0. The molecule has 0 amide bonds. The molecule has 2 heteroatoms. The Bertz CT molecular complexity index is 2420. The van der Waals surface area contributed by atoms with Gasteiger partial charge in [0.2, 0.25) is 11.4 Å². The van der Waals surface area contributed by atoms with Crippen molar-refractivity contribution in [3.05, 3.63) is 123 Å². The minimum Gasteiger partial charge on any atom is -0.493 e. The number of aryl methyl sites for hydroxylation is 2. The molecule has 103 heavy (non-hydrogen) atoms. The molecule has 1 aliphatic heterocycles. The van der Waals surface area contributed by atoms with Gasteiger partial charge in [0, 0.05) is 16.7 Å². The largest absolute Gasteiger partial charge is 0.493 e. The van der Waals surface area contributed by atoms with E-state index in [4.69, 9.17) is 0 Å². The van der Waals surface area contributed by atoms with Crippen molar-refractivity contribution in [2.75, 3.05) is 0 Å². The Kier molecular flexibility index (Phi) is 63.1. The van der Waals surface area contributed by atoms with Crippen molar-refractivity contribution < 1.29 is 4.70 Å². The Hall–Kier alpha value is -3.26. The van der Waals surface area contributed by atoms with Crippen molar-refractivity contribution in [2.24, 2.45) is 11.8 Å². The van der Waals surface area contributed by atoms with Gasteiger partial charge >= 0.3 is 0 Å². The van der Waals surface area contributed by atoms with E-state index >= 15 is 0 Å². The molecule has 2 nitrogen and oxygen atoms in total. The van der Waals surface area contributed by atoms with Gasteiger partial charge in [-0.1, -0.05) is 455 Å². The smallest absolute Gasteiger partial charge is 0.215 e. The van der Waals surface area contributed by atoms with Crippen LogP contribution in [0.5, 0.6) is 0 Å². The van der Waals surface area contributed by atoms with E-state index in [1.165, 1.54) is 425 Å². The van der Waals surface area contributed by atoms with Gasteiger partial charge in [-0.15, -0.1) is 0 Å². The predicted molar refractivity (Wildman–Crippen MR) is 465 cm³/mol. The summed E-state index contributed by atoms with van der Waals surface area (Å²) in [6, 6.07) is 18.6. The zero-order valence-corrected chi connectivity index (χ0v) is 70.8. The quantitative estimate of drug-likeness (QED) is 0.0358. The van der Waals surface area contributed by atoms with Crippen LogP contribution in [-0.2, 0) is 12.8 Å². The normalized spacial score (nSPS) is 13.7. The van der Waals surface area contributed by atoms with Gasteiger partial charge in [-0.25, -0.2) is 4.70 Å². The third-order valence-corrected chi connectivity index (χ3v) is 23.6. The maximum atomic E-state index is 13.4. The van der Waals surface area contributed by atoms with Gasteiger partial charge in [0.1, 0.15) is 0 Å². The number of nitrogens with zero attached hydrogens (tertiary/aromatic N) is 2. The van der Waals surface area contributed by atoms with E-state index in [2.05, 4.69) is 128 Å². The molecule has 0 saturated carbocycles. The van der Waals surface area contributed by atoms with Crippen LogP contribution in [0.25, 0.3) is 16.9 Å². The number of hydrogen-bond donors (Lipinski definition) is 0. The molecule has 1 heterocycles. The van der Waals surface area contributed by atoms with E-state index in [0.29, 0.717) is 11.8 Å². The number of rotatable bonds is 76. The van der Waals surface area contributed by atoms with E-state index in [-0.39, 0.29) is 0 Å². The average molecular weight is 1420 g/mol. The molecule has 0 saturated heterocycles. The Labute approximate surface area is 645 Å². The van der Waals surface area contributed by atoms with Crippen LogP contribution in [0.15, 0.2) is 95.1 Å². The molecule has 0 spiro atoms. The molecular formula is C101H176N2. The van der Waals surface area contributed by atoms with Crippen molar-refractivity contribution in [1.82, 2.24) is 0 Å². The van der Waals surface area contributed by atoms with Gasteiger partial charge in [0.05, 0.1) is 5.57 Å². The lowest BCUT2D eigenvalue weighted by atomic mass is 9.87. The first kappa shape index (κ1) is 93.9. The van der Waals surface area contributed by atoms with Gasteiger partial charge in [-0.05, 0) is 151 Å². The van der Waals surface area contributed by atoms with Crippen molar-refractivity contribution in [3.8, 4) is 0 Å². The maximum absolute atomic E-state index is 13.4. The molecule has 2 aromatic carbocycles. The molecule has 2 aromatic rings. The van der Waals surface area contributed by atoms with Crippen LogP contribution in [0.4, 0.5) is 0 Å². The summed E-state index contributed by atoms with van der Waals surface area (Å²) in [4.78, 5) is 0. The maximum Gasteiger partial charge on any atom is 0.215 e. The molecule has 0 fully saturated rings. The molecule has 0 N–H and O–H groups in total. The Morgan fingerprint density at radius 1 is 0.291 bits per heavy atom. The minimum absolute atomic E-state index is 0.580. The predicted octanol–water partition coefficient (Wildman–Crippen LogP) is 35.9. The molecule has 0 radical (unpaired) electrons. The molecule has 3 rings (SSSR count). The fraction of sp³-hybridized carbons (Fsp3) is 0.782. The SMILES string of the molecule is CCCCCCCCCCCCCCCC=CC1=C(c2ccccc2CCC(C=C(CCCC)CCCCCCCCCCCCCCCCCCC)CCCC)[N+](=[N-])C(c2ccccc2CCC(C=C(CCCC)CCCCCCCCCCCCCCCCCCC)CCCC)=C1CCCC. The topological polar surface area (TPSA) is 25.3 Å². The highest BCUT2D eigenvalue weighted by atomic mass is 15.2. The van der Waals surface area contributed by atoms with E-state index in [0.717, 1.165) is 62.8 Å². The van der Waals surface area contributed by atoms with Crippen molar-refractivity contribution in [2.45, 2.75) is 498 Å². The zero-order chi connectivity index (χ0) is 73.8. The van der Waals surface area contributed by atoms with Gasteiger partial charge < -0.3 is 5.53 Å². The lowest BCUT2D eigenvalue weighted by Gasteiger charge is -2.19. The standard InChI is InChI=1S/C101H176N2/c1-9-17-25-28-31-34-37-40-43-45-48-50-53-56-59-62-65-76-90(72-20-12-4)88-92(74-22-14-6)84-86-94-78-68-70-81-96(94)100-98(80-24-16-8)99(83-67-64-61-58-55-52-47-42-39-36-33-30-27-19-11-3)101(103(100)102)97-82-71-69-79-95(97)87-85-93(75-23-15-7)89-91(73-21-13-5)77-66-63-60-57-54-51-49-46-44-41-38-35-32-29-26-18-10-2/h67-71,78-79,81-83,88-89,92-93H,9-66,72-77,80,84-87H2,1-8H3. The summed E-state index contributed by atoms with van der Waals surface area (Å²) in [6.45, 7) is 18.8. The third kappa shape index (κ3) is 47.3.